The molecule has 0 saturated carbocycles. The highest BCUT2D eigenvalue weighted by atomic mass is 32.2. The van der Waals surface area contributed by atoms with Gasteiger partial charge in [0.15, 0.2) is 0 Å². The number of nitrogens with zero attached hydrogens (tertiary/aromatic N) is 1. The summed E-state index contributed by atoms with van der Waals surface area (Å²) in [6.07, 6.45) is 6.81. The number of hydrogen-bond acceptors (Lipinski definition) is 3. The van der Waals surface area contributed by atoms with Crippen molar-refractivity contribution in [1.29, 1.82) is 0 Å². The molecule has 37 heavy (non-hydrogen) atoms. The van der Waals surface area contributed by atoms with E-state index in [1.807, 2.05) is 12.1 Å². The van der Waals surface area contributed by atoms with Gasteiger partial charge in [0.1, 0.15) is 0 Å². The zero-order valence-corrected chi connectivity index (χ0v) is 22.7. The number of benzene rings is 3. The zero-order valence-electron chi connectivity index (χ0n) is 21.8. The van der Waals surface area contributed by atoms with E-state index in [2.05, 4.69) is 84.9 Å². The lowest BCUT2D eigenvalue weighted by Gasteiger charge is -2.30. The third-order valence-corrected chi connectivity index (χ3v) is 9.05. The SMILES string of the molecule is Cc1ccc(-c2ccc3c(c2)C=C(C(=O)Nc2ccc(CN(C)C4CCS(=O)CC4)cc2)CCC3)cc1. The molecule has 192 valence electrons. The smallest absolute Gasteiger partial charge is 0.251 e. The second-order valence-corrected chi connectivity index (χ2v) is 12.1. The molecule has 1 amide bonds. The van der Waals surface area contributed by atoms with Gasteiger partial charge in [-0.05, 0) is 98.2 Å². The van der Waals surface area contributed by atoms with E-state index < -0.39 is 10.8 Å². The quantitative estimate of drug-likeness (QED) is 0.418. The van der Waals surface area contributed by atoms with Crippen LogP contribution in [0, 0.1) is 6.92 Å². The molecular weight excluding hydrogens is 476 g/mol. The van der Waals surface area contributed by atoms with Crippen molar-refractivity contribution in [2.45, 2.75) is 51.6 Å². The van der Waals surface area contributed by atoms with Gasteiger partial charge in [0.2, 0.25) is 0 Å². The standard InChI is InChI=1S/C32H36N2O2S/c1-23-6-10-26(11-7-23)27-13-12-25-4-3-5-28(21-29(25)20-27)32(35)33-30-14-8-24(9-15-30)22-34(2)31-16-18-37(36)19-17-31/h6-15,20-21,31H,3-5,16-19,22H2,1-2H3,(H,33,35). The normalized spacial score (nSPS) is 19.6. The van der Waals surface area contributed by atoms with Gasteiger partial charge in [0.05, 0.1) is 0 Å². The summed E-state index contributed by atoms with van der Waals surface area (Å²) >= 11 is 0. The van der Waals surface area contributed by atoms with Crippen LogP contribution < -0.4 is 5.32 Å². The summed E-state index contributed by atoms with van der Waals surface area (Å²) in [5.41, 5.74) is 8.95. The Labute approximate surface area is 223 Å². The lowest BCUT2D eigenvalue weighted by molar-refractivity contribution is -0.112. The summed E-state index contributed by atoms with van der Waals surface area (Å²) in [4.78, 5) is 15.6. The third-order valence-electron chi connectivity index (χ3n) is 7.67. The van der Waals surface area contributed by atoms with E-state index >= 15 is 0 Å². The highest BCUT2D eigenvalue weighted by Crippen LogP contribution is 2.29. The molecule has 0 radical (unpaired) electrons. The number of rotatable bonds is 6. The third kappa shape index (κ3) is 6.46. The van der Waals surface area contributed by atoms with Gasteiger partial charge in [0.25, 0.3) is 5.91 Å². The van der Waals surface area contributed by atoms with Gasteiger partial charge in [-0.3, -0.25) is 13.9 Å². The predicted molar refractivity (Wildman–Crippen MR) is 155 cm³/mol. The first-order valence-electron chi connectivity index (χ1n) is 13.3. The molecule has 5 heteroatoms. The molecule has 4 nitrogen and oxygen atoms in total. The molecule has 1 saturated heterocycles. The van der Waals surface area contributed by atoms with Crippen molar-refractivity contribution < 1.29 is 9.00 Å². The number of anilines is 1. The van der Waals surface area contributed by atoms with Crippen molar-refractivity contribution in [1.82, 2.24) is 4.90 Å². The number of hydrogen-bond donors (Lipinski definition) is 1. The van der Waals surface area contributed by atoms with E-state index in [-0.39, 0.29) is 5.91 Å². The number of fused-ring (bicyclic) bond motifs is 1. The first-order valence-corrected chi connectivity index (χ1v) is 14.8. The molecule has 0 bridgehead atoms. The van der Waals surface area contributed by atoms with Crippen LogP contribution in [0.3, 0.4) is 0 Å². The van der Waals surface area contributed by atoms with Gasteiger partial charge >= 0.3 is 0 Å². The molecule has 0 unspecified atom stereocenters. The van der Waals surface area contributed by atoms with Crippen LogP contribution in [0.15, 0.2) is 72.3 Å². The topological polar surface area (TPSA) is 49.4 Å². The highest BCUT2D eigenvalue weighted by Gasteiger charge is 2.21. The molecular formula is C32H36N2O2S. The monoisotopic (exact) mass is 512 g/mol. The highest BCUT2D eigenvalue weighted by molar-refractivity contribution is 7.85. The average molecular weight is 513 g/mol. The number of carbonyl (C=O) groups is 1. The minimum Gasteiger partial charge on any atom is -0.322 e. The van der Waals surface area contributed by atoms with Gasteiger partial charge in [-0.15, -0.1) is 0 Å². The molecule has 3 aromatic carbocycles. The van der Waals surface area contributed by atoms with E-state index in [0.29, 0.717) is 6.04 Å². The average Bonchev–Trinajstić information content (AvgIpc) is 3.13. The Morgan fingerprint density at radius 2 is 1.65 bits per heavy atom. The number of carbonyl (C=O) groups excluding carboxylic acids is 1. The van der Waals surface area contributed by atoms with Crippen LogP contribution in [0.5, 0.6) is 0 Å². The van der Waals surface area contributed by atoms with Gasteiger partial charge in [-0.1, -0.05) is 54.1 Å². The van der Waals surface area contributed by atoms with Crippen molar-refractivity contribution in [2.75, 3.05) is 23.9 Å². The van der Waals surface area contributed by atoms with Crippen molar-refractivity contribution >= 4 is 28.5 Å². The fourth-order valence-electron chi connectivity index (χ4n) is 5.33. The van der Waals surface area contributed by atoms with Crippen LogP contribution in [0.4, 0.5) is 5.69 Å². The Morgan fingerprint density at radius 3 is 2.38 bits per heavy atom. The van der Waals surface area contributed by atoms with Crippen LogP contribution in [-0.2, 0) is 28.6 Å². The van der Waals surface area contributed by atoms with E-state index in [4.69, 9.17) is 0 Å². The van der Waals surface area contributed by atoms with E-state index in [1.54, 1.807) is 0 Å². The fourth-order valence-corrected chi connectivity index (χ4v) is 6.61. The second-order valence-electron chi connectivity index (χ2n) is 10.4. The maximum absolute atomic E-state index is 13.2. The van der Waals surface area contributed by atoms with Crippen LogP contribution in [0.25, 0.3) is 17.2 Å². The summed E-state index contributed by atoms with van der Waals surface area (Å²) < 4.78 is 11.6. The molecule has 1 heterocycles. The maximum atomic E-state index is 13.2. The number of aryl methyl sites for hydroxylation is 2. The van der Waals surface area contributed by atoms with Crippen LogP contribution in [0.1, 0.15) is 47.9 Å². The Hall–Kier alpha value is -3.02. The summed E-state index contributed by atoms with van der Waals surface area (Å²) in [6, 6.07) is 23.9. The summed E-state index contributed by atoms with van der Waals surface area (Å²) in [5, 5.41) is 3.12. The molecule has 1 aliphatic heterocycles. The fraction of sp³-hybridized carbons (Fsp3) is 0.344. The van der Waals surface area contributed by atoms with Gasteiger partial charge < -0.3 is 5.32 Å². The minimum atomic E-state index is -0.631. The molecule has 0 atom stereocenters. The summed E-state index contributed by atoms with van der Waals surface area (Å²) in [6.45, 7) is 2.96. The molecule has 0 spiro atoms. The maximum Gasteiger partial charge on any atom is 0.251 e. The van der Waals surface area contributed by atoms with Gasteiger partial charge in [-0.2, -0.15) is 0 Å². The predicted octanol–water partition coefficient (Wildman–Crippen LogP) is 6.36. The van der Waals surface area contributed by atoms with Crippen LogP contribution >= 0.6 is 0 Å². The lowest BCUT2D eigenvalue weighted by Crippen LogP contribution is -2.36. The molecule has 2 aliphatic rings. The Morgan fingerprint density at radius 1 is 0.946 bits per heavy atom. The molecule has 1 N–H and O–H groups in total. The number of nitrogens with one attached hydrogen (secondary N) is 1. The first kappa shape index (κ1) is 25.6. The van der Waals surface area contributed by atoms with Crippen molar-refractivity contribution in [2.24, 2.45) is 0 Å². The lowest BCUT2D eigenvalue weighted by atomic mass is 9.97. The Balaban J connectivity index is 1.25. The summed E-state index contributed by atoms with van der Waals surface area (Å²) in [5.74, 6) is 1.61. The first-order chi connectivity index (χ1) is 17.9. The van der Waals surface area contributed by atoms with Gasteiger partial charge in [0, 0.05) is 46.2 Å². The Kier molecular flexibility index (Phi) is 8.02. The van der Waals surface area contributed by atoms with Crippen molar-refractivity contribution in [3.63, 3.8) is 0 Å². The van der Waals surface area contributed by atoms with E-state index in [0.717, 1.165) is 67.0 Å². The van der Waals surface area contributed by atoms with E-state index in [1.165, 1.54) is 27.8 Å². The number of amides is 1. The van der Waals surface area contributed by atoms with Crippen molar-refractivity contribution in [3.8, 4) is 11.1 Å². The zero-order chi connectivity index (χ0) is 25.8. The van der Waals surface area contributed by atoms with E-state index in [9.17, 15) is 9.00 Å². The largest absolute Gasteiger partial charge is 0.322 e. The molecule has 1 fully saturated rings. The molecule has 3 aromatic rings. The minimum absolute atomic E-state index is 0.0198. The van der Waals surface area contributed by atoms with Crippen molar-refractivity contribution in [3.05, 3.63) is 94.6 Å². The second kappa shape index (κ2) is 11.6. The van der Waals surface area contributed by atoms with Crippen LogP contribution in [-0.4, -0.2) is 39.6 Å². The van der Waals surface area contributed by atoms with Gasteiger partial charge in [-0.25, -0.2) is 0 Å². The molecule has 5 rings (SSSR count). The van der Waals surface area contributed by atoms with Crippen LogP contribution in [0.2, 0.25) is 0 Å². The molecule has 0 aromatic heterocycles. The Bertz CT molecular complexity index is 1300. The summed E-state index contributed by atoms with van der Waals surface area (Å²) in [7, 11) is 1.52. The molecule has 1 aliphatic carbocycles.